The highest BCUT2D eigenvalue weighted by atomic mass is 16.1. The Balaban J connectivity index is 1.73. The zero-order chi connectivity index (χ0) is 19.2. The zero-order valence-corrected chi connectivity index (χ0v) is 17.3. The number of benzene rings is 1. The summed E-state index contributed by atoms with van der Waals surface area (Å²) in [6.45, 7) is 11.6. The van der Waals surface area contributed by atoms with Crippen LogP contribution in [0.2, 0.25) is 0 Å². The third kappa shape index (κ3) is 6.73. The van der Waals surface area contributed by atoms with Crippen molar-refractivity contribution < 1.29 is 4.79 Å². The molecule has 1 fully saturated rings. The number of nitrogens with zero attached hydrogens (tertiary/aromatic N) is 2. The molecule has 1 amide bonds. The highest BCUT2D eigenvalue weighted by Crippen LogP contribution is 2.22. The lowest BCUT2D eigenvalue weighted by molar-refractivity contribution is -0.126. The second kappa shape index (κ2) is 9.52. The number of amides is 1. The van der Waals surface area contributed by atoms with Crippen LogP contribution in [0, 0.1) is 11.3 Å². The topological polar surface area (TPSA) is 35.6 Å². The van der Waals surface area contributed by atoms with Crippen LogP contribution in [0.15, 0.2) is 30.3 Å². The normalized spacial score (nSPS) is 18.1. The first-order valence-corrected chi connectivity index (χ1v) is 9.96. The third-order valence-corrected chi connectivity index (χ3v) is 5.34. The van der Waals surface area contributed by atoms with E-state index in [1.165, 1.54) is 5.56 Å². The van der Waals surface area contributed by atoms with Crippen LogP contribution in [-0.2, 0) is 4.79 Å². The van der Waals surface area contributed by atoms with E-state index in [1.54, 1.807) is 0 Å². The number of carbonyl (C=O) groups excluding carboxylic acids is 1. The molecule has 0 radical (unpaired) electrons. The van der Waals surface area contributed by atoms with Crippen molar-refractivity contribution in [3.63, 3.8) is 0 Å². The van der Waals surface area contributed by atoms with Crippen LogP contribution in [0.1, 0.15) is 45.1 Å². The van der Waals surface area contributed by atoms with Crippen LogP contribution in [0.4, 0.5) is 0 Å². The summed E-state index contributed by atoms with van der Waals surface area (Å²) >= 11 is 0. The second-order valence-electron chi connectivity index (χ2n) is 9.01. The van der Waals surface area contributed by atoms with Crippen molar-refractivity contribution in [3.8, 4) is 0 Å². The standard InChI is InChI=1S/C22H37N3O/c1-18(19-9-7-6-8-10-19)15-25-13-11-20(12-14-25)21(26)23-16-22(2,3)17-24(4)5/h6-10,18,20H,11-17H2,1-5H3,(H,23,26)/t18-/m1/s1. The predicted molar refractivity (Wildman–Crippen MR) is 109 cm³/mol. The van der Waals surface area contributed by atoms with Gasteiger partial charge < -0.3 is 15.1 Å². The monoisotopic (exact) mass is 359 g/mol. The molecule has 2 rings (SSSR count). The van der Waals surface area contributed by atoms with Gasteiger partial charge in [0.15, 0.2) is 0 Å². The number of hydrogen-bond donors (Lipinski definition) is 1. The molecule has 0 bridgehead atoms. The molecule has 0 aromatic heterocycles. The van der Waals surface area contributed by atoms with Crippen LogP contribution in [0.3, 0.4) is 0 Å². The Morgan fingerprint density at radius 1 is 1.23 bits per heavy atom. The molecule has 1 aromatic carbocycles. The molecule has 1 aliphatic heterocycles. The van der Waals surface area contributed by atoms with Gasteiger partial charge in [-0.2, -0.15) is 0 Å². The van der Waals surface area contributed by atoms with E-state index in [0.29, 0.717) is 5.92 Å². The minimum absolute atomic E-state index is 0.102. The minimum Gasteiger partial charge on any atom is -0.355 e. The molecule has 0 saturated carbocycles. The Morgan fingerprint density at radius 3 is 2.42 bits per heavy atom. The van der Waals surface area contributed by atoms with E-state index in [0.717, 1.165) is 45.6 Å². The van der Waals surface area contributed by atoms with Gasteiger partial charge in [0.05, 0.1) is 0 Å². The quantitative estimate of drug-likeness (QED) is 0.774. The Kier molecular flexibility index (Phi) is 7.66. The molecule has 1 atom stereocenters. The van der Waals surface area contributed by atoms with Gasteiger partial charge in [0.25, 0.3) is 0 Å². The molecule has 1 aliphatic rings. The summed E-state index contributed by atoms with van der Waals surface area (Å²) in [4.78, 5) is 17.2. The first kappa shape index (κ1) is 20.9. The van der Waals surface area contributed by atoms with Gasteiger partial charge in [-0.25, -0.2) is 0 Å². The first-order valence-electron chi connectivity index (χ1n) is 9.96. The summed E-state index contributed by atoms with van der Waals surface area (Å²) in [6.07, 6.45) is 1.95. The number of piperidine rings is 1. The minimum atomic E-state index is 0.102. The molecule has 0 aliphatic carbocycles. The molecule has 146 valence electrons. The SMILES string of the molecule is C[C@H](CN1CCC(C(=O)NCC(C)(C)CN(C)C)CC1)c1ccccc1. The average Bonchev–Trinajstić information content (AvgIpc) is 2.60. The highest BCUT2D eigenvalue weighted by molar-refractivity contribution is 5.78. The molecular formula is C22H37N3O. The molecule has 0 spiro atoms. The summed E-state index contributed by atoms with van der Waals surface area (Å²) in [6, 6.07) is 10.7. The van der Waals surface area contributed by atoms with Crippen LogP contribution in [-0.4, -0.2) is 62.5 Å². The predicted octanol–water partition coefficient (Wildman–Crippen LogP) is 3.21. The van der Waals surface area contributed by atoms with Gasteiger partial charge in [-0.3, -0.25) is 4.79 Å². The van der Waals surface area contributed by atoms with Gasteiger partial charge in [-0.1, -0.05) is 51.1 Å². The third-order valence-electron chi connectivity index (χ3n) is 5.34. The summed E-state index contributed by atoms with van der Waals surface area (Å²) in [5.41, 5.74) is 1.50. The van der Waals surface area contributed by atoms with E-state index in [-0.39, 0.29) is 17.2 Å². The van der Waals surface area contributed by atoms with E-state index in [1.807, 2.05) is 0 Å². The van der Waals surface area contributed by atoms with Crippen LogP contribution < -0.4 is 5.32 Å². The maximum Gasteiger partial charge on any atom is 0.223 e. The van der Waals surface area contributed by atoms with Crippen LogP contribution in [0.5, 0.6) is 0 Å². The molecule has 1 heterocycles. The summed E-state index contributed by atoms with van der Waals surface area (Å²) in [5, 5.41) is 3.20. The van der Waals surface area contributed by atoms with Gasteiger partial charge >= 0.3 is 0 Å². The first-order chi connectivity index (χ1) is 12.3. The molecule has 1 N–H and O–H groups in total. The van der Waals surface area contributed by atoms with Crippen molar-refractivity contribution >= 4 is 5.91 Å². The Labute approximate surface area is 159 Å². The molecule has 4 nitrogen and oxygen atoms in total. The largest absolute Gasteiger partial charge is 0.355 e. The second-order valence-corrected chi connectivity index (χ2v) is 9.01. The van der Waals surface area contributed by atoms with E-state index in [4.69, 9.17) is 0 Å². The number of likely N-dealkylation sites (tertiary alicyclic amines) is 1. The number of hydrogen-bond acceptors (Lipinski definition) is 3. The van der Waals surface area contributed by atoms with Crippen molar-refractivity contribution in [2.75, 3.05) is 46.8 Å². The molecular weight excluding hydrogens is 322 g/mol. The smallest absolute Gasteiger partial charge is 0.223 e. The lowest BCUT2D eigenvalue weighted by atomic mass is 9.91. The van der Waals surface area contributed by atoms with Gasteiger partial charge in [-0.05, 0) is 56.9 Å². The molecule has 1 saturated heterocycles. The van der Waals surface area contributed by atoms with Gasteiger partial charge in [0.2, 0.25) is 5.91 Å². The Hall–Kier alpha value is -1.39. The van der Waals surface area contributed by atoms with Gasteiger partial charge in [0.1, 0.15) is 0 Å². The summed E-state index contributed by atoms with van der Waals surface area (Å²) < 4.78 is 0. The van der Waals surface area contributed by atoms with Crippen molar-refractivity contribution in [1.29, 1.82) is 0 Å². The Morgan fingerprint density at radius 2 is 1.85 bits per heavy atom. The number of carbonyl (C=O) groups is 1. The summed E-state index contributed by atoms with van der Waals surface area (Å²) in [5.74, 6) is 0.953. The Bertz CT molecular complexity index is 548. The van der Waals surface area contributed by atoms with Crippen molar-refractivity contribution in [3.05, 3.63) is 35.9 Å². The molecule has 0 unspecified atom stereocenters. The lowest BCUT2D eigenvalue weighted by Gasteiger charge is -2.34. The van der Waals surface area contributed by atoms with E-state index < -0.39 is 0 Å². The molecule has 4 heteroatoms. The zero-order valence-electron chi connectivity index (χ0n) is 17.3. The maximum atomic E-state index is 12.5. The van der Waals surface area contributed by atoms with Crippen LogP contribution >= 0.6 is 0 Å². The average molecular weight is 360 g/mol. The fourth-order valence-electron chi connectivity index (χ4n) is 4.03. The van der Waals surface area contributed by atoms with Crippen LogP contribution in [0.25, 0.3) is 0 Å². The fraction of sp³-hybridized carbons (Fsp3) is 0.682. The highest BCUT2D eigenvalue weighted by Gasteiger charge is 2.27. The maximum absolute atomic E-state index is 12.5. The van der Waals surface area contributed by atoms with Gasteiger partial charge in [-0.15, -0.1) is 0 Å². The molecule has 26 heavy (non-hydrogen) atoms. The lowest BCUT2D eigenvalue weighted by Crippen LogP contribution is -2.45. The van der Waals surface area contributed by atoms with E-state index >= 15 is 0 Å². The van der Waals surface area contributed by atoms with E-state index in [2.05, 4.69) is 80.3 Å². The van der Waals surface area contributed by atoms with Crippen molar-refractivity contribution in [2.24, 2.45) is 11.3 Å². The van der Waals surface area contributed by atoms with Crippen molar-refractivity contribution in [2.45, 2.75) is 39.5 Å². The number of rotatable bonds is 8. The molecule has 1 aromatic rings. The number of nitrogens with one attached hydrogen (secondary N) is 1. The van der Waals surface area contributed by atoms with Gasteiger partial charge in [0, 0.05) is 25.6 Å². The summed E-state index contributed by atoms with van der Waals surface area (Å²) in [7, 11) is 4.16. The van der Waals surface area contributed by atoms with E-state index in [9.17, 15) is 4.79 Å². The van der Waals surface area contributed by atoms with Crippen molar-refractivity contribution in [1.82, 2.24) is 15.1 Å². The fourth-order valence-corrected chi connectivity index (χ4v) is 4.03.